The maximum Gasteiger partial charge on any atom is 0.226 e. The topological polar surface area (TPSA) is 59.8 Å². The second kappa shape index (κ2) is 4.80. The molecule has 0 fully saturated rings. The molecule has 22 heavy (non-hydrogen) atoms. The Bertz CT molecular complexity index is 789. The van der Waals surface area contributed by atoms with E-state index in [-0.39, 0.29) is 11.8 Å². The summed E-state index contributed by atoms with van der Waals surface area (Å²) >= 11 is 0. The summed E-state index contributed by atoms with van der Waals surface area (Å²) in [6.45, 7) is 4.18. The number of ketones is 1. The third kappa shape index (κ3) is 1.96. The van der Waals surface area contributed by atoms with Crippen molar-refractivity contribution in [3.63, 3.8) is 0 Å². The summed E-state index contributed by atoms with van der Waals surface area (Å²) in [6.07, 6.45) is 3.03. The first-order valence-corrected chi connectivity index (χ1v) is 7.63. The number of anilines is 1. The number of benzene rings is 1. The predicted octanol–water partition coefficient (Wildman–Crippen LogP) is 2.85. The third-order valence-electron chi connectivity index (χ3n) is 4.42. The maximum absolute atomic E-state index is 12.7. The first-order valence-electron chi connectivity index (χ1n) is 7.63. The third-order valence-corrected chi connectivity index (χ3v) is 4.42. The second-order valence-electron chi connectivity index (χ2n) is 6.30. The maximum atomic E-state index is 12.7. The summed E-state index contributed by atoms with van der Waals surface area (Å²) in [7, 11) is 0. The molecule has 5 heteroatoms. The van der Waals surface area contributed by atoms with E-state index >= 15 is 0 Å². The van der Waals surface area contributed by atoms with E-state index in [1.54, 1.807) is 0 Å². The Hall–Kier alpha value is -2.43. The van der Waals surface area contributed by atoms with Crippen molar-refractivity contribution < 1.29 is 4.79 Å². The molecule has 1 N–H and O–H groups in total. The minimum Gasteiger partial charge on any atom is -0.328 e. The Labute approximate surface area is 129 Å². The van der Waals surface area contributed by atoms with E-state index in [2.05, 4.69) is 47.4 Å². The molecule has 4 rings (SSSR count). The minimum absolute atomic E-state index is 0.173. The van der Waals surface area contributed by atoms with Gasteiger partial charge in [0.25, 0.3) is 0 Å². The van der Waals surface area contributed by atoms with Gasteiger partial charge in [0.05, 0.1) is 0 Å². The van der Waals surface area contributed by atoms with Crippen molar-refractivity contribution in [3.05, 3.63) is 53.0 Å². The number of hydrogen-bond donors (Lipinski definition) is 1. The zero-order chi connectivity index (χ0) is 15.3. The van der Waals surface area contributed by atoms with Gasteiger partial charge in [0, 0.05) is 17.7 Å². The molecule has 1 aromatic heterocycles. The van der Waals surface area contributed by atoms with Gasteiger partial charge in [-0.3, -0.25) is 4.79 Å². The molecule has 2 heterocycles. The first-order chi connectivity index (χ1) is 10.6. The average Bonchev–Trinajstić information content (AvgIpc) is 2.92. The minimum atomic E-state index is -0.173. The van der Waals surface area contributed by atoms with E-state index < -0.39 is 0 Å². The molecule has 0 bridgehead atoms. The Kier molecular flexibility index (Phi) is 2.89. The van der Waals surface area contributed by atoms with Gasteiger partial charge < -0.3 is 5.32 Å². The predicted molar refractivity (Wildman–Crippen MR) is 83.4 cm³/mol. The summed E-state index contributed by atoms with van der Waals surface area (Å²) in [4.78, 5) is 17.0. The number of carbonyl (C=O) groups is 1. The molecule has 1 aliphatic heterocycles. The number of aryl methyl sites for hydroxylation is 1. The van der Waals surface area contributed by atoms with Gasteiger partial charge >= 0.3 is 0 Å². The fourth-order valence-electron chi connectivity index (χ4n) is 3.50. The van der Waals surface area contributed by atoms with Crippen LogP contribution in [0.15, 0.2) is 41.9 Å². The van der Waals surface area contributed by atoms with Gasteiger partial charge in [-0.2, -0.15) is 10.1 Å². The fraction of sp³-hybridized carbons (Fsp3) is 0.353. The standard InChI is InChI=1S/C17H18N4O/c1-10-4-3-5-12(6-10)16-15-13(7-11(2)8-14(15)22)20-17-18-9-19-21(16)17/h3-6,9,11,16H,7-8H2,1-2H3,(H,18,19,20)/t11-,16-/m0/s1. The molecule has 1 aromatic carbocycles. The normalized spacial score (nSPS) is 23.8. The van der Waals surface area contributed by atoms with Crippen molar-refractivity contribution in [2.75, 3.05) is 5.32 Å². The number of aromatic nitrogens is 3. The van der Waals surface area contributed by atoms with Crippen molar-refractivity contribution in [2.24, 2.45) is 5.92 Å². The van der Waals surface area contributed by atoms with Crippen LogP contribution in [0.2, 0.25) is 0 Å². The Morgan fingerprint density at radius 3 is 3.00 bits per heavy atom. The quantitative estimate of drug-likeness (QED) is 0.878. The van der Waals surface area contributed by atoms with E-state index in [0.29, 0.717) is 18.3 Å². The lowest BCUT2D eigenvalue weighted by molar-refractivity contribution is -0.117. The van der Waals surface area contributed by atoms with Crippen molar-refractivity contribution in [3.8, 4) is 0 Å². The SMILES string of the molecule is Cc1cccc([C@H]2C3=C(C[C@H](C)CC3=O)Nc3ncnn32)c1. The summed E-state index contributed by atoms with van der Waals surface area (Å²) in [5.41, 5.74) is 4.12. The molecule has 1 aliphatic carbocycles. The van der Waals surface area contributed by atoms with E-state index in [4.69, 9.17) is 0 Å². The van der Waals surface area contributed by atoms with Gasteiger partial charge in [0.2, 0.25) is 5.95 Å². The summed E-state index contributed by atoms with van der Waals surface area (Å²) in [5, 5.41) is 7.65. The number of fused-ring (bicyclic) bond motifs is 1. The molecule has 5 nitrogen and oxygen atoms in total. The lowest BCUT2D eigenvalue weighted by atomic mass is 9.81. The molecular formula is C17H18N4O. The number of nitrogens with zero attached hydrogens (tertiary/aromatic N) is 3. The molecule has 0 amide bonds. The van der Waals surface area contributed by atoms with Gasteiger partial charge in [0.1, 0.15) is 12.4 Å². The van der Waals surface area contributed by atoms with Crippen LogP contribution < -0.4 is 5.32 Å². The van der Waals surface area contributed by atoms with Crippen LogP contribution in [0, 0.1) is 12.8 Å². The highest BCUT2D eigenvalue weighted by molar-refractivity contribution is 5.99. The van der Waals surface area contributed by atoms with E-state index in [9.17, 15) is 4.79 Å². The largest absolute Gasteiger partial charge is 0.328 e. The van der Waals surface area contributed by atoms with Gasteiger partial charge in [0.15, 0.2) is 5.78 Å². The number of allylic oxidation sites excluding steroid dienone is 2. The van der Waals surface area contributed by atoms with Gasteiger partial charge in [-0.05, 0) is 24.8 Å². The summed E-state index contributed by atoms with van der Waals surface area (Å²) < 4.78 is 1.82. The lowest BCUT2D eigenvalue weighted by Crippen LogP contribution is -2.33. The molecule has 2 atom stereocenters. The van der Waals surface area contributed by atoms with E-state index in [1.807, 2.05) is 10.7 Å². The first kappa shape index (κ1) is 13.2. The molecule has 112 valence electrons. The number of carbonyl (C=O) groups excluding carboxylic acids is 1. The lowest BCUT2D eigenvalue weighted by Gasteiger charge is -2.34. The molecule has 2 aliphatic rings. The molecule has 0 radical (unpaired) electrons. The number of Topliss-reactive ketones (excluding diaryl/α,β-unsaturated/α-hetero) is 1. The monoisotopic (exact) mass is 294 g/mol. The molecule has 0 unspecified atom stereocenters. The molecular weight excluding hydrogens is 276 g/mol. The second-order valence-corrected chi connectivity index (χ2v) is 6.30. The van der Waals surface area contributed by atoms with Crippen molar-refractivity contribution in [2.45, 2.75) is 32.7 Å². The number of nitrogens with one attached hydrogen (secondary N) is 1. The highest BCUT2D eigenvalue weighted by atomic mass is 16.1. The molecule has 0 saturated carbocycles. The van der Waals surface area contributed by atoms with E-state index in [0.717, 1.165) is 23.3 Å². The molecule has 0 saturated heterocycles. The highest BCUT2D eigenvalue weighted by Gasteiger charge is 2.37. The van der Waals surface area contributed by atoms with Gasteiger partial charge in [-0.1, -0.05) is 36.8 Å². The smallest absolute Gasteiger partial charge is 0.226 e. The fourth-order valence-corrected chi connectivity index (χ4v) is 3.50. The molecule has 0 spiro atoms. The van der Waals surface area contributed by atoms with Crippen LogP contribution in [0.3, 0.4) is 0 Å². The van der Waals surface area contributed by atoms with Crippen LogP contribution >= 0.6 is 0 Å². The van der Waals surface area contributed by atoms with E-state index in [1.165, 1.54) is 11.9 Å². The summed E-state index contributed by atoms with van der Waals surface area (Å²) in [6, 6.07) is 8.10. The zero-order valence-corrected chi connectivity index (χ0v) is 12.7. The van der Waals surface area contributed by atoms with Gasteiger partial charge in [-0.15, -0.1) is 0 Å². The Morgan fingerprint density at radius 1 is 1.32 bits per heavy atom. The van der Waals surface area contributed by atoms with Crippen molar-refractivity contribution >= 4 is 11.7 Å². The van der Waals surface area contributed by atoms with Crippen LogP contribution in [0.5, 0.6) is 0 Å². The van der Waals surface area contributed by atoms with Crippen LogP contribution in [0.4, 0.5) is 5.95 Å². The van der Waals surface area contributed by atoms with Crippen LogP contribution in [-0.4, -0.2) is 20.5 Å². The van der Waals surface area contributed by atoms with Crippen LogP contribution in [0.25, 0.3) is 0 Å². The summed E-state index contributed by atoms with van der Waals surface area (Å²) in [5.74, 6) is 1.30. The number of hydrogen-bond acceptors (Lipinski definition) is 4. The Balaban J connectivity index is 1.92. The highest BCUT2D eigenvalue weighted by Crippen LogP contribution is 2.40. The van der Waals surface area contributed by atoms with Crippen molar-refractivity contribution in [1.82, 2.24) is 14.8 Å². The average molecular weight is 294 g/mol. The van der Waals surface area contributed by atoms with Crippen LogP contribution in [-0.2, 0) is 4.79 Å². The number of rotatable bonds is 1. The Morgan fingerprint density at radius 2 is 2.18 bits per heavy atom. The van der Waals surface area contributed by atoms with Crippen LogP contribution in [0.1, 0.15) is 36.9 Å². The van der Waals surface area contributed by atoms with Crippen molar-refractivity contribution in [1.29, 1.82) is 0 Å². The molecule has 2 aromatic rings. The van der Waals surface area contributed by atoms with Gasteiger partial charge in [-0.25, -0.2) is 4.68 Å². The zero-order valence-electron chi connectivity index (χ0n) is 12.7.